The molecule has 0 aliphatic heterocycles. The average molecular weight is 865 g/mol. The molecule has 0 saturated carbocycles. The number of esters is 2. The molecule has 1 aromatic heterocycles. The van der Waals surface area contributed by atoms with Gasteiger partial charge < -0.3 is 28.4 Å². The van der Waals surface area contributed by atoms with E-state index in [1.807, 2.05) is 57.6 Å². The van der Waals surface area contributed by atoms with E-state index in [0.717, 1.165) is 69.3 Å². The number of allylic oxidation sites excluding steroid dienone is 6. The molecule has 12 heteroatoms. The van der Waals surface area contributed by atoms with Crippen molar-refractivity contribution in [2.24, 2.45) is 0 Å². The first-order chi connectivity index (χ1) is 28.7. The summed E-state index contributed by atoms with van der Waals surface area (Å²) in [5.41, 5.74) is 2.59. The summed E-state index contributed by atoms with van der Waals surface area (Å²) in [6, 6.07) is 0. The van der Waals surface area contributed by atoms with Crippen molar-refractivity contribution >= 4 is 19.8 Å². The molecule has 1 aromatic rings. The third-order valence-corrected chi connectivity index (χ3v) is 11.1. The second kappa shape index (κ2) is 33.8. The van der Waals surface area contributed by atoms with Gasteiger partial charge in [-0.15, -0.1) is 0 Å². The van der Waals surface area contributed by atoms with E-state index in [1.165, 1.54) is 49.7 Å². The predicted octanol–water partition coefficient (Wildman–Crippen LogP) is 11.3. The van der Waals surface area contributed by atoms with Crippen LogP contribution in [0.5, 0.6) is 0 Å². The summed E-state index contributed by atoms with van der Waals surface area (Å²) in [5.74, 6) is 1.33. The van der Waals surface area contributed by atoms with Gasteiger partial charge in [-0.3, -0.25) is 18.6 Å². The van der Waals surface area contributed by atoms with E-state index in [2.05, 4.69) is 33.8 Å². The van der Waals surface area contributed by atoms with Crippen molar-refractivity contribution in [3.63, 3.8) is 0 Å². The van der Waals surface area contributed by atoms with Gasteiger partial charge in [0, 0.05) is 25.7 Å². The summed E-state index contributed by atoms with van der Waals surface area (Å²) in [4.78, 5) is 35.5. The van der Waals surface area contributed by atoms with Gasteiger partial charge in [0.15, 0.2) is 6.10 Å². The van der Waals surface area contributed by atoms with E-state index in [4.69, 9.17) is 22.9 Å². The summed E-state index contributed by atoms with van der Waals surface area (Å²) in [5, 5.41) is 10.1. The lowest BCUT2D eigenvalue weighted by atomic mass is 10.0. The van der Waals surface area contributed by atoms with Crippen LogP contribution in [0.25, 0.3) is 0 Å². The maximum Gasteiger partial charge on any atom is 0.472 e. The van der Waals surface area contributed by atoms with E-state index < -0.39 is 38.6 Å². The first kappa shape index (κ1) is 55.2. The Kier molecular flexibility index (Phi) is 31.1. The molecule has 60 heavy (non-hydrogen) atoms. The van der Waals surface area contributed by atoms with Crippen LogP contribution in [0.1, 0.15) is 158 Å². The number of ether oxygens (including phenoxy) is 2. The maximum atomic E-state index is 12.7. The topological polar surface area (TPSA) is 142 Å². The number of phosphoric acid groups is 1. The SMILES string of the molecule is CCCCC/C=C\C[C@H](O)/C=C/C=C\C/C=C\CCCC(=O)O[C@H](COC(=O)CCCCCCCCc1oc(CCCCC)c(C)c1C)COP(=O)(O)OCC[N+](C)(C)C. The maximum absolute atomic E-state index is 12.7. The lowest BCUT2D eigenvalue weighted by molar-refractivity contribution is -0.870. The van der Waals surface area contributed by atoms with Gasteiger partial charge in [0.1, 0.15) is 31.3 Å². The number of aliphatic hydroxyl groups is 1. The molecule has 0 aliphatic carbocycles. The third kappa shape index (κ3) is 30.3. The number of furan rings is 1. The lowest BCUT2D eigenvalue weighted by Gasteiger charge is -2.24. The smallest absolute Gasteiger partial charge is 0.466 e. The Bertz CT molecular complexity index is 1460. The molecule has 1 rings (SSSR count). The number of rotatable bonds is 37. The molecule has 1 heterocycles. The molecule has 0 radical (unpaired) electrons. The van der Waals surface area contributed by atoms with Gasteiger partial charge in [-0.1, -0.05) is 114 Å². The minimum absolute atomic E-state index is 0.000357. The van der Waals surface area contributed by atoms with Crippen LogP contribution in [-0.2, 0) is 45.5 Å². The average Bonchev–Trinajstić information content (AvgIpc) is 3.46. The van der Waals surface area contributed by atoms with Crippen LogP contribution in [0, 0.1) is 13.8 Å². The number of carbonyl (C=O) groups is 2. The van der Waals surface area contributed by atoms with Crippen LogP contribution in [-0.4, -0.2) is 86.1 Å². The Morgan fingerprint density at radius 3 is 2.00 bits per heavy atom. The number of nitrogens with zero attached hydrogens (tertiary/aromatic N) is 1. The Balaban J connectivity index is 2.45. The predicted molar refractivity (Wildman–Crippen MR) is 243 cm³/mol. The number of quaternary nitrogens is 1. The number of aryl methyl sites for hydroxylation is 2. The fourth-order valence-electron chi connectivity index (χ4n) is 6.21. The zero-order valence-corrected chi connectivity index (χ0v) is 39.4. The normalized spacial score (nSPS) is 14.5. The zero-order valence-electron chi connectivity index (χ0n) is 38.5. The highest BCUT2D eigenvalue weighted by atomic mass is 31.2. The van der Waals surface area contributed by atoms with Crippen molar-refractivity contribution in [3.05, 3.63) is 71.3 Å². The minimum Gasteiger partial charge on any atom is -0.466 e. The van der Waals surface area contributed by atoms with Crippen molar-refractivity contribution in [3.8, 4) is 0 Å². The summed E-state index contributed by atoms with van der Waals surface area (Å²) in [6.45, 7) is 8.47. The van der Waals surface area contributed by atoms with Crippen molar-refractivity contribution in [1.29, 1.82) is 0 Å². The van der Waals surface area contributed by atoms with Crippen LogP contribution in [0.3, 0.4) is 0 Å². The monoisotopic (exact) mass is 865 g/mol. The molecule has 0 fully saturated rings. The molecular weight excluding hydrogens is 781 g/mol. The number of hydrogen-bond donors (Lipinski definition) is 2. The van der Waals surface area contributed by atoms with Gasteiger partial charge in [-0.2, -0.15) is 0 Å². The van der Waals surface area contributed by atoms with E-state index in [1.54, 1.807) is 6.08 Å². The molecule has 0 saturated heterocycles. The van der Waals surface area contributed by atoms with Gasteiger partial charge in [-0.05, 0) is 82.8 Å². The van der Waals surface area contributed by atoms with Crippen molar-refractivity contribution in [2.75, 3.05) is 47.5 Å². The van der Waals surface area contributed by atoms with Crippen LogP contribution >= 0.6 is 7.82 Å². The molecule has 11 nitrogen and oxygen atoms in total. The van der Waals surface area contributed by atoms with E-state index in [-0.39, 0.29) is 26.1 Å². The minimum atomic E-state index is -4.42. The number of phosphoric ester groups is 1. The van der Waals surface area contributed by atoms with Crippen molar-refractivity contribution in [2.45, 2.75) is 175 Å². The summed E-state index contributed by atoms with van der Waals surface area (Å²) in [6.07, 6.45) is 33.1. The van der Waals surface area contributed by atoms with Crippen LogP contribution in [0.2, 0.25) is 0 Å². The molecule has 0 amide bonds. The quantitative estimate of drug-likeness (QED) is 0.0166. The summed E-state index contributed by atoms with van der Waals surface area (Å²) in [7, 11) is 1.37. The summed E-state index contributed by atoms with van der Waals surface area (Å²) >= 11 is 0. The second-order valence-electron chi connectivity index (χ2n) is 16.9. The highest BCUT2D eigenvalue weighted by molar-refractivity contribution is 7.47. The first-order valence-electron chi connectivity index (χ1n) is 22.8. The van der Waals surface area contributed by atoms with Crippen molar-refractivity contribution in [1.82, 2.24) is 0 Å². The second-order valence-corrected chi connectivity index (χ2v) is 18.3. The van der Waals surface area contributed by atoms with Gasteiger partial charge >= 0.3 is 19.8 Å². The van der Waals surface area contributed by atoms with Gasteiger partial charge in [0.2, 0.25) is 0 Å². The highest BCUT2D eigenvalue weighted by Gasteiger charge is 2.27. The highest BCUT2D eigenvalue weighted by Crippen LogP contribution is 2.43. The van der Waals surface area contributed by atoms with E-state index in [9.17, 15) is 24.2 Å². The Labute approximate surface area is 363 Å². The zero-order chi connectivity index (χ0) is 44.5. The Morgan fingerprint density at radius 1 is 0.717 bits per heavy atom. The van der Waals surface area contributed by atoms with Crippen LogP contribution in [0.15, 0.2) is 53.0 Å². The first-order valence-corrected chi connectivity index (χ1v) is 24.3. The number of aliphatic hydroxyl groups excluding tert-OH is 1. The molecule has 0 aromatic carbocycles. The Hall–Kier alpha value is -2.79. The molecule has 0 spiro atoms. The van der Waals surface area contributed by atoms with Crippen LogP contribution < -0.4 is 0 Å². The molecule has 0 bridgehead atoms. The molecule has 3 atom stereocenters. The number of carbonyl (C=O) groups excluding carboxylic acids is 2. The fourth-order valence-corrected chi connectivity index (χ4v) is 6.95. The van der Waals surface area contributed by atoms with Gasteiger partial charge in [-0.25, -0.2) is 4.57 Å². The molecule has 0 aliphatic rings. The van der Waals surface area contributed by atoms with E-state index in [0.29, 0.717) is 36.7 Å². The number of likely N-dealkylation sites (N-methyl/N-ethyl adjacent to an activating group) is 1. The molecule has 1 unspecified atom stereocenters. The Morgan fingerprint density at radius 2 is 1.32 bits per heavy atom. The van der Waals surface area contributed by atoms with Crippen molar-refractivity contribution < 1.29 is 51.6 Å². The molecule has 2 N–H and O–H groups in total. The standard InChI is InChI=1S/C48H82NO10P/c1-8-10-12-13-20-26-31-43(50)32-27-21-16-14-15-17-24-30-36-48(52)58-44(40-57-60(53,54)56-38-37-49(5,6)7)39-55-47(51)35-29-23-19-18-22-28-34-46-42(4)41(3)45(59-46)33-25-11-9-2/h15-17,20-21,26-27,32,43-44,50H,8-14,18-19,22-25,28-31,33-40H2,1-7H3/p+1/b17-15-,21-16-,26-20-,32-27+/t43-,44+/m0/s1. The summed E-state index contributed by atoms with van der Waals surface area (Å²) < 4.78 is 40.5. The largest absolute Gasteiger partial charge is 0.472 e. The van der Waals surface area contributed by atoms with Gasteiger partial charge in [0.05, 0.1) is 33.9 Å². The molecular formula is C48H83NO10P+. The van der Waals surface area contributed by atoms with E-state index >= 15 is 0 Å². The lowest BCUT2D eigenvalue weighted by Crippen LogP contribution is -2.37. The fraction of sp³-hybridized carbons (Fsp3) is 0.708. The molecule has 344 valence electrons. The third-order valence-electron chi connectivity index (χ3n) is 10.1. The number of hydrogen-bond acceptors (Lipinski definition) is 9. The van der Waals surface area contributed by atoms with Crippen LogP contribution in [0.4, 0.5) is 0 Å². The number of unbranched alkanes of at least 4 members (excludes halogenated alkanes) is 11. The van der Waals surface area contributed by atoms with Gasteiger partial charge in [0.25, 0.3) is 0 Å².